The van der Waals surface area contributed by atoms with Crippen molar-refractivity contribution in [1.29, 1.82) is 0 Å². The second kappa shape index (κ2) is 5.17. The molecule has 0 amide bonds. The quantitative estimate of drug-likeness (QED) is 0.755. The molecule has 0 bridgehead atoms. The van der Waals surface area contributed by atoms with E-state index in [1.807, 2.05) is 18.2 Å². The zero-order chi connectivity index (χ0) is 17.0. The molecule has 5 nitrogen and oxygen atoms in total. The zero-order valence-electron chi connectivity index (χ0n) is 14.2. The van der Waals surface area contributed by atoms with E-state index < -0.39 is 0 Å². The summed E-state index contributed by atoms with van der Waals surface area (Å²) >= 11 is 0. The molecule has 2 aromatic carbocycles. The molecule has 0 radical (unpaired) electrons. The highest BCUT2D eigenvalue weighted by Crippen LogP contribution is 2.39. The number of anilines is 1. The number of fused-ring (bicyclic) bond motifs is 1. The Labute approximate surface area is 146 Å². The highest BCUT2D eigenvalue weighted by molar-refractivity contribution is 5.87. The number of hydrogen-bond acceptors (Lipinski definition) is 5. The predicted molar refractivity (Wildman–Crippen MR) is 98.9 cm³/mol. The minimum absolute atomic E-state index is 0.226. The molecular formula is C20H20N4O. The third-order valence-electron chi connectivity index (χ3n) is 5.48. The average molecular weight is 332 g/mol. The average Bonchev–Trinajstić information content (AvgIpc) is 2.52. The molecule has 126 valence electrons. The van der Waals surface area contributed by atoms with Crippen LogP contribution in [0.4, 0.5) is 5.69 Å². The first-order chi connectivity index (χ1) is 12.1. The Kier molecular flexibility index (Phi) is 3.03. The molecule has 2 saturated heterocycles. The minimum atomic E-state index is 0.226. The first-order valence-corrected chi connectivity index (χ1v) is 8.66. The van der Waals surface area contributed by atoms with Crippen LogP contribution in [0.3, 0.4) is 0 Å². The summed E-state index contributed by atoms with van der Waals surface area (Å²) in [7, 11) is 0. The molecule has 2 aliphatic rings. The molecule has 3 aromatic rings. The molecule has 5 rings (SSSR count). The van der Waals surface area contributed by atoms with Gasteiger partial charge in [0.1, 0.15) is 5.75 Å². The molecule has 0 aliphatic carbocycles. The van der Waals surface area contributed by atoms with E-state index in [2.05, 4.69) is 39.5 Å². The Morgan fingerprint density at radius 3 is 2.60 bits per heavy atom. The molecule has 5 heteroatoms. The van der Waals surface area contributed by atoms with Crippen LogP contribution in [0.1, 0.15) is 5.56 Å². The lowest BCUT2D eigenvalue weighted by atomic mass is 9.74. The molecule has 2 aliphatic heterocycles. The summed E-state index contributed by atoms with van der Waals surface area (Å²) in [5.74, 6) is 0.226. The van der Waals surface area contributed by atoms with Gasteiger partial charge in [0.05, 0.1) is 11.2 Å². The smallest absolute Gasteiger partial charge is 0.125 e. The van der Waals surface area contributed by atoms with E-state index in [9.17, 15) is 5.11 Å². The molecule has 2 fully saturated rings. The Balaban J connectivity index is 1.51. The maximum absolute atomic E-state index is 10.0. The fourth-order valence-corrected chi connectivity index (χ4v) is 3.99. The highest BCUT2D eigenvalue weighted by Gasteiger charge is 2.47. The van der Waals surface area contributed by atoms with Crippen LogP contribution in [-0.2, 0) is 0 Å². The van der Waals surface area contributed by atoms with E-state index >= 15 is 0 Å². The van der Waals surface area contributed by atoms with E-state index in [-0.39, 0.29) is 5.75 Å². The zero-order valence-corrected chi connectivity index (χ0v) is 14.2. The lowest BCUT2D eigenvalue weighted by molar-refractivity contribution is 0.121. The van der Waals surface area contributed by atoms with Crippen molar-refractivity contribution in [2.24, 2.45) is 5.41 Å². The Morgan fingerprint density at radius 2 is 1.88 bits per heavy atom. The molecule has 0 atom stereocenters. The third-order valence-corrected chi connectivity index (χ3v) is 5.48. The van der Waals surface area contributed by atoms with E-state index in [4.69, 9.17) is 0 Å². The van der Waals surface area contributed by atoms with Crippen LogP contribution in [0, 0.1) is 12.3 Å². The molecule has 1 spiro atoms. The van der Waals surface area contributed by atoms with Gasteiger partial charge in [-0.3, -0.25) is 0 Å². The van der Waals surface area contributed by atoms with Gasteiger partial charge >= 0.3 is 0 Å². The summed E-state index contributed by atoms with van der Waals surface area (Å²) in [6, 6.07) is 13.5. The van der Waals surface area contributed by atoms with E-state index in [1.165, 1.54) is 11.3 Å². The lowest BCUT2D eigenvalue weighted by Gasteiger charge is -2.57. The van der Waals surface area contributed by atoms with Crippen LogP contribution in [0.15, 0.2) is 42.5 Å². The van der Waals surface area contributed by atoms with Crippen LogP contribution in [-0.4, -0.2) is 41.5 Å². The largest absolute Gasteiger partial charge is 0.507 e. The first kappa shape index (κ1) is 14.7. The van der Waals surface area contributed by atoms with Gasteiger partial charge in [-0.1, -0.05) is 12.1 Å². The van der Waals surface area contributed by atoms with Crippen LogP contribution >= 0.6 is 0 Å². The number of phenolic OH excluding ortho intramolecular Hbond substituents is 1. The van der Waals surface area contributed by atoms with Crippen LogP contribution in [0.2, 0.25) is 0 Å². The normalized spacial score (nSPS) is 18.2. The van der Waals surface area contributed by atoms with Crippen molar-refractivity contribution in [3.8, 4) is 17.0 Å². The third kappa shape index (κ3) is 2.27. The van der Waals surface area contributed by atoms with Gasteiger partial charge < -0.3 is 15.3 Å². The summed E-state index contributed by atoms with van der Waals surface area (Å²) in [5, 5.41) is 23.2. The minimum Gasteiger partial charge on any atom is -0.507 e. The van der Waals surface area contributed by atoms with Crippen molar-refractivity contribution in [3.63, 3.8) is 0 Å². The highest BCUT2D eigenvalue weighted by atomic mass is 16.3. The van der Waals surface area contributed by atoms with Crippen molar-refractivity contribution in [2.45, 2.75) is 6.92 Å². The van der Waals surface area contributed by atoms with Gasteiger partial charge in [-0.15, -0.1) is 10.2 Å². The number of phenols is 1. The van der Waals surface area contributed by atoms with E-state index in [0.29, 0.717) is 16.7 Å². The van der Waals surface area contributed by atoms with Gasteiger partial charge in [0.15, 0.2) is 0 Å². The topological polar surface area (TPSA) is 61.3 Å². The standard InChI is InChI=1S/C20H20N4O/c1-13-6-14-7-17(15-4-2-3-5-19(15)25)23-22-16(14)8-18(13)24-11-20(12-24)9-21-10-20/h2-8,21,25H,9-12H2,1H3. The van der Waals surface area contributed by atoms with Gasteiger partial charge in [0.25, 0.3) is 0 Å². The maximum atomic E-state index is 10.0. The predicted octanol–water partition coefficient (Wildman–Crippen LogP) is 2.72. The second-order valence-corrected chi connectivity index (χ2v) is 7.40. The van der Waals surface area contributed by atoms with Crippen molar-refractivity contribution in [1.82, 2.24) is 15.5 Å². The lowest BCUT2D eigenvalue weighted by Crippen LogP contribution is -2.71. The Bertz CT molecular complexity index is 973. The number of aryl methyl sites for hydroxylation is 1. The summed E-state index contributed by atoms with van der Waals surface area (Å²) < 4.78 is 0. The number of rotatable bonds is 2. The maximum Gasteiger partial charge on any atom is 0.125 e. The fraction of sp³-hybridized carbons (Fsp3) is 0.300. The number of aromatic hydroxyl groups is 1. The van der Waals surface area contributed by atoms with Crippen molar-refractivity contribution < 1.29 is 5.11 Å². The number of hydrogen-bond donors (Lipinski definition) is 2. The summed E-state index contributed by atoms with van der Waals surface area (Å²) in [4.78, 5) is 2.44. The molecule has 0 saturated carbocycles. The summed E-state index contributed by atoms with van der Waals surface area (Å²) in [6.07, 6.45) is 0. The second-order valence-electron chi connectivity index (χ2n) is 7.40. The van der Waals surface area contributed by atoms with Crippen LogP contribution in [0.5, 0.6) is 5.75 Å². The number of aromatic nitrogens is 2. The molecule has 3 heterocycles. The number of benzene rings is 2. The van der Waals surface area contributed by atoms with Gasteiger partial charge in [0, 0.05) is 48.2 Å². The Morgan fingerprint density at radius 1 is 1.08 bits per heavy atom. The van der Waals surface area contributed by atoms with Gasteiger partial charge in [-0.2, -0.15) is 0 Å². The van der Waals surface area contributed by atoms with Crippen LogP contribution in [0.25, 0.3) is 22.2 Å². The van der Waals surface area contributed by atoms with Crippen molar-refractivity contribution >= 4 is 16.6 Å². The fourth-order valence-electron chi connectivity index (χ4n) is 3.99. The molecule has 25 heavy (non-hydrogen) atoms. The van der Waals surface area contributed by atoms with Crippen LogP contribution < -0.4 is 10.2 Å². The van der Waals surface area contributed by atoms with Crippen molar-refractivity contribution in [3.05, 3.63) is 48.0 Å². The molecular weight excluding hydrogens is 312 g/mol. The van der Waals surface area contributed by atoms with E-state index in [0.717, 1.165) is 37.1 Å². The molecule has 0 unspecified atom stereocenters. The van der Waals surface area contributed by atoms with E-state index in [1.54, 1.807) is 12.1 Å². The first-order valence-electron chi connectivity index (χ1n) is 8.66. The van der Waals surface area contributed by atoms with Gasteiger partial charge in [-0.05, 0) is 42.8 Å². The van der Waals surface area contributed by atoms with Gasteiger partial charge in [0.2, 0.25) is 0 Å². The summed E-state index contributed by atoms with van der Waals surface area (Å²) in [5.41, 5.74) is 5.32. The number of nitrogens with one attached hydrogen (secondary N) is 1. The molecule has 2 N–H and O–H groups in total. The SMILES string of the molecule is Cc1cc2cc(-c3ccccc3O)nnc2cc1N1CC2(CNC2)C1. The summed E-state index contributed by atoms with van der Waals surface area (Å²) in [6.45, 7) is 6.67. The van der Waals surface area contributed by atoms with Crippen molar-refractivity contribution in [2.75, 3.05) is 31.1 Å². The number of para-hydroxylation sites is 1. The van der Waals surface area contributed by atoms with Gasteiger partial charge in [-0.25, -0.2) is 0 Å². The molecule has 1 aromatic heterocycles. The number of nitrogens with zero attached hydrogens (tertiary/aromatic N) is 3. The monoisotopic (exact) mass is 332 g/mol. The Hall–Kier alpha value is -2.66.